The fraction of sp³-hybridized carbons (Fsp3) is 0.545. The number of nitrogens with zero attached hydrogens (tertiary/aromatic N) is 2. The molecule has 3 rings (SSSR count). The smallest absolute Gasteiger partial charge is 0.293 e. The van der Waals surface area contributed by atoms with E-state index >= 15 is 0 Å². The number of carbonyl (C=O) groups excluding carboxylic acids is 2. The first-order valence-corrected chi connectivity index (χ1v) is 10.9. The molecular weight excluding hydrogens is 356 g/mol. The Labute approximate surface area is 167 Å². The predicted octanol–water partition coefficient (Wildman–Crippen LogP) is 5.54. The maximum Gasteiger partial charge on any atom is 0.293 e. The van der Waals surface area contributed by atoms with E-state index in [4.69, 9.17) is 0 Å². The molecule has 4 nitrogen and oxygen atoms in total. The van der Waals surface area contributed by atoms with E-state index in [1.807, 2.05) is 18.2 Å². The SMILES string of the molecule is CCN(CC)c1ccc(C=C2SC(=O)N(CC3(C)CCCCC3)C2=O)cc1. The molecule has 0 radical (unpaired) electrons. The third kappa shape index (κ3) is 4.57. The van der Waals surface area contributed by atoms with Crippen molar-refractivity contribution >= 4 is 34.7 Å². The highest BCUT2D eigenvalue weighted by Crippen LogP contribution is 2.40. The first kappa shape index (κ1) is 20.0. The van der Waals surface area contributed by atoms with Gasteiger partial charge in [0.25, 0.3) is 11.1 Å². The first-order chi connectivity index (χ1) is 13.0. The maximum absolute atomic E-state index is 12.8. The molecule has 0 unspecified atom stereocenters. The summed E-state index contributed by atoms with van der Waals surface area (Å²) >= 11 is 1.07. The number of amides is 2. The summed E-state index contributed by atoms with van der Waals surface area (Å²) in [7, 11) is 0. The molecule has 0 aromatic heterocycles. The number of carbonyl (C=O) groups is 2. The van der Waals surface area contributed by atoms with Crippen LogP contribution in [0.3, 0.4) is 0 Å². The van der Waals surface area contributed by atoms with Crippen LogP contribution in [0.15, 0.2) is 29.2 Å². The minimum Gasteiger partial charge on any atom is -0.372 e. The highest BCUT2D eigenvalue weighted by Gasteiger charge is 2.40. The molecule has 1 heterocycles. The van der Waals surface area contributed by atoms with Crippen LogP contribution in [0.2, 0.25) is 0 Å². The Morgan fingerprint density at radius 1 is 1.07 bits per heavy atom. The van der Waals surface area contributed by atoms with Gasteiger partial charge in [0, 0.05) is 25.3 Å². The Bertz CT molecular complexity index is 716. The van der Waals surface area contributed by atoms with Crippen LogP contribution in [0.4, 0.5) is 10.5 Å². The molecule has 1 aromatic rings. The van der Waals surface area contributed by atoms with Gasteiger partial charge in [-0.2, -0.15) is 0 Å². The Balaban J connectivity index is 1.72. The van der Waals surface area contributed by atoms with Gasteiger partial charge < -0.3 is 4.90 Å². The molecule has 0 bridgehead atoms. The predicted molar refractivity (Wildman–Crippen MR) is 114 cm³/mol. The molecule has 146 valence electrons. The highest BCUT2D eigenvalue weighted by atomic mass is 32.2. The lowest BCUT2D eigenvalue weighted by Crippen LogP contribution is -2.39. The number of imide groups is 1. The average molecular weight is 387 g/mol. The molecule has 2 aliphatic rings. The molecular formula is C22H30N2O2S. The van der Waals surface area contributed by atoms with Crippen LogP contribution in [-0.2, 0) is 4.79 Å². The fourth-order valence-corrected chi connectivity index (χ4v) is 4.94. The van der Waals surface area contributed by atoms with Gasteiger partial charge in [0.2, 0.25) is 0 Å². The van der Waals surface area contributed by atoms with Gasteiger partial charge in [-0.1, -0.05) is 38.3 Å². The molecule has 0 N–H and O–H groups in total. The normalized spacial score (nSPS) is 21.1. The second-order valence-electron chi connectivity index (χ2n) is 7.90. The number of rotatable bonds is 6. The molecule has 1 saturated carbocycles. The van der Waals surface area contributed by atoms with E-state index in [0.717, 1.165) is 43.3 Å². The molecule has 0 atom stereocenters. The van der Waals surface area contributed by atoms with Crippen LogP contribution in [0.25, 0.3) is 6.08 Å². The van der Waals surface area contributed by atoms with Gasteiger partial charge in [-0.25, -0.2) is 0 Å². The number of thioether (sulfide) groups is 1. The molecule has 27 heavy (non-hydrogen) atoms. The van der Waals surface area contributed by atoms with Gasteiger partial charge in [-0.15, -0.1) is 0 Å². The van der Waals surface area contributed by atoms with Crippen LogP contribution in [0.5, 0.6) is 0 Å². The van der Waals surface area contributed by atoms with Crippen molar-refractivity contribution in [2.45, 2.75) is 52.9 Å². The molecule has 1 aliphatic heterocycles. The standard InChI is InChI=1S/C22H30N2O2S/c1-4-23(5-2)18-11-9-17(10-12-18)15-19-20(25)24(21(26)27-19)16-22(3)13-7-6-8-14-22/h9-12,15H,4-8,13-14,16H2,1-3H3. The summed E-state index contributed by atoms with van der Waals surface area (Å²) in [6.45, 7) is 8.97. The van der Waals surface area contributed by atoms with E-state index < -0.39 is 0 Å². The molecule has 2 amide bonds. The summed E-state index contributed by atoms with van der Waals surface area (Å²) in [5.74, 6) is -0.135. The zero-order chi connectivity index (χ0) is 19.4. The van der Waals surface area contributed by atoms with Gasteiger partial charge in [0.15, 0.2) is 0 Å². The lowest BCUT2D eigenvalue weighted by Gasteiger charge is -2.35. The second kappa shape index (κ2) is 8.51. The van der Waals surface area contributed by atoms with Gasteiger partial charge in [-0.05, 0) is 67.6 Å². The monoisotopic (exact) mass is 386 g/mol. The molecule has 2 fully saturated rings. The van der Waals surface area contributed by atoms with E-state index in [2.05, 4.69) is 37.8 Å². The first-order valence-electron chi connectivity index (χ1n) is 10.1. The number of hydrogen-bond donors (Lipinski definition) is 0. The van der Waals surface area contributed by atoms with Gasteiger partial charge >= 0.3 is 0 Å². The van der Waals surface area contributed by atoms with Crippen molar-refractivity contribution in [3.63, 3.8) is 0 Å². The van der Waals surface area contributed by atoms with Crippen molar-refractivity contribution in [2.24, 2.45) is 5.41 Å². The molecule has 5 heteroatoms. The Morgan fingerprint density at radius 2 is 1.70 bits per heavy atom. The zero-order valence-electron chi connectivity index (χ0n) is 16.7. The summed E-state index contributed by atoms with van der Waals surface area (Å²) in [6, 6.07) is 8.19. The summed E-state index contributed by atoms with van der Waals surface area (Å²) < 4.78 is 0. The number of anilines is 1. The van der Waals surface area contributed by atoms with E-state index in [1.54, 1.807) is 0 Å². The lowest BCUT2D eigenvalue weighted by molar-refractivity contribution is -0.124. The van der Waals surface area contributed by atoms with Crippen molar-refractivity contribution < 1.29 is 9.59 Å². The Morgan fingerprint density at radius 3 is 2.30 bits per heavy atom. The molecule has 1 aromatic carbocycles. The zero-order valence-corrected chi connectivity index (χ0v) is 17.5. The van der Waals surface area contributed by atoms with Crippen LogP contribution in [0, 0.1) is 5.41 Å². The van der Waals surface area contributed by atoms with Crippen molar-refractivity contribution in [1.82, 2.24) is 4.90 Å². The summed E-state index contributed by atoms with van der Waals surface area (Å²) in [5.41, 5.74) is 2.21. The van der Waals surface area contributed by atoms with Crippen molar-refractivity contribution in [3.8, 4) is 0 Å². The molecule has 1 aliphatic carbocycles. The van der Waals surface area contributed by atoms with Crippen LogP contribution in [-0.4, -0.2) is 35.7 Å². The quantitative estimate of drug-likeness (QED) is 0.602. The highest BCUT2D eigenvalue weighted by molar-refractivity contribution is 8.18. The van der Waals surface area contributed by atoms with E-state index in [-0.39, 0.29) is 16.6 Å². The largest absolute Gasteiger partial charge is 0.372 e. The minimum atomic E-state index is -0.135. The van der Waals surface area contributed by atoms with E-state index in [1.165, 1.54) is 29.8 Å². The van der Waals surface area contributed by atoms with E-state index in [9.17, 15) is 9.59 Å². The summed E-state index contributed by atoms with van der Waals surface area (Å²) in [5, 5.41) is -0.127. The van der Waals surface area contributed by atoms with E-state index in [0.29, 0.717) is 11.4 Å². The lowest BCUT2D eigenvalue weighted by atomic mass is 9.75. The topological polar surface area (TPSA) is 40.6 Å². The van der Waals surface area contributed by atoms with Crippen molar-refractivity contribution in [3.05, 3.63) is 34.7 Å². The average Bonchev–Trinajstić information content (AvgIpc) is 2.92. The number of benzene rings is 1. The molecule has 1 saturated heterocycles. The van der Waals surface area contributed by atoms with Crippen LogP contribution < -0.4 is 4.90 Å². The third-order valence-corrected chi connectivity index (χ3v) is 6.70. The fourth-order valence-electron chi connectivity index (χ4n) is 4.10. The maximum atomic E-state index is 12.8. The van der Waals surface area contributed by atoms with Crippen molar-refractivity contribution in [1.29, 1.82) is 0 Å². The third-order valence-electron chi connectivity index (χ3n) is 5.79. The number of hydrogen-bond acceptors (Lipinski definition) is 4. The van der Waals surface area contributed by atoms with Crippen molar-refractivity contribution in [2.75, 3.05) is 24.5 Å². The summed E-state index contributed by atoms with van der Waals surface area (Å²) in [6.07, 6.45) is 7.70. The second-order valence-corrected chi connectivity index (χ2v) is 8.90. The minimum absolute atomic E-state index is 0.0744. The summed E-state index contributed by atoms with van der Waals surface area (Å²) in [4.78, 5) is 29.5. The van der Waals surface area contributed by atoms with Gasteiger partial charge in [-0.3, -0.25) is 14.5 Å². The van der Waals surface area contributed by atoms with Gasteiger partial charge in [0.05, 0.1) is 4.91 Å². The van der Waals surface area contributed by atoms with Crippen LogP contribution in [0.1, 0.15) is 58.4 Å². The van der Waals surface area contributed by atoms with Crippen LogP contribution >= 0.6 is 11.8 Å². The van der Waals surface area contributed by atoms with Gasteiger partial charge in [0.1, 0.15) is 0 Å². The Kier molecular flexibility index (Phi) is 6.30. The Hall–Kier alpha value is -1.75. The molecule has 0 spiro atoms.